The van der Waals surface area contributed by atoms with E-state index < -0.39 is 0 Å². The molecule has 6 heterocycles. The van der Waals surface area contributed by atoms with Gasteiger partial charge >= 0.3 is 0 Å². The zero-order valence-electron chi connectivity index (χ0n) is 59.6. The molecular formula is C104H64N4O2. The summed E-state index contributed by atoms with van der Waals surface area (Å²) in [5.74, 6) is 0. The molecule has 6 aromatic heterocycles. The summed E-state index contributed by atoms with van der Waals surface area (Å²) >= 11 is 0. The first kappa shape index (κ1) is 61.6. The van der Waals surface area contributed by atoms with Crippen LogP contribution in [0.3, 0.4) is 0 Å². The SMILES string of the molecule is c1ccc(-n2c3ccccc3c3cc(-c4ccc5c(c4)c4cc(-c6ccc7oc8ccccc8c7c6)ccc4n5-c4cccc5ccccc45)ccc32)cc1.c1ccc(-n2c3ccccc3c3cc(-c4ccc5c(c4)c4cc(-c6cccc7oc8ccccc8c67)ccc4n5-c4cccc5ccccc45)ccc32)cc1. The van der Waals surface area contributed by atoms with Gasteiger partial charge in [0.1, 0.15) is 22.3 Å². The molecule has 512 valence electrons. The maximum absolute atomic E-state index is 6.32. The standard InChI is InChI=1S/2C52H32N2O/c1-2-14-37(15-3-1)53-46-20-8-6-17-40(46)42-30-34(24-27-47(42)53)35-25-28-48-43(31-35)44-32-36(39-19-11-23-51-52(39)41-18-7-9-22-50(41)55-51)26-29-49(44)54(48)45-21-10-13-33-12-4-5-16-38(33)45;1-2-13-38(14-3-1)53-47-18-8-6-16-40(47)42-29-34(21-25-48(42)53)35-22-26-49-43(30-35)44-31-36(37-24-28-52-45(32-37)41-17-7-9-20-51(41)55-52)23-27-50(44)54(49)46-19-10-12-33-11-4-5-15-39(33)46/h2*1-32H. The summed E-state index contributed by atoms with van der Waals surface area (Å²) in [5.41, 5.74) is 27.4. The fourth-order valence-electron chi connectivity index (χ4n) is 18.0. The predicted octanol–water partition coefficient (Wildman–Crippen LogP) is 28.5. The second-order valence-electron chi connectivity index (χ2n) is 29.0. The second-order valence-corrected chi connectivity index (χ2v) is 29.0. The molecule has 0 N–H and O–H groups in total. The van der Waals surface area contributed by atoms with Gasteiger partial charge in [0.25, 0.3) is 0 Å². The van der Waals surface area contributed by atoms with Gasteiger partial charge in [-0.1, -0.05) is 237 Å². The van der Waals surface area contributed by atoms with E-state index in [-0.39, 0.29) is 0 Å². The van der Waals surface area contributed by atoms with E-state index in [9.17, 15) is 0 Å². The van der Waals surface area contributed by atoms with Crippen molar-refractivity contribution in [3.8, 4) is 67.3 Å². The van der Waals surface area contributed by atoms with E-state index in [0.717, 1.165) is 43.9 Å². The number of para-hydroxylation sites is 6. The zero-order valence-corrected chi connectivity index (χ0v) is 59.6. The van der Waals surface area contributed by atoms with E-state index in [1.807, 2.05) is 18.2 Å². The van der Waals surface area contributed by atoms with Crippen LogP contribution < -0.4 is 0 Å². The summed E-state index contributed by atoms with van der Waals surface area (Å²) in [6.07, 6.45) is 0. The van der Waals surface area contributed by atoms with E-state index in [0.29, 0.717) is 0 Å². The van der Waals surface area contributed by atoms with E-state index in [4.69, 9.17) is 8.83 Å². The van der Waals surface area contributed by atoms with Crippen molar-refractivity contribution in [1.82, 2.24) is 18.3 Å². The van der Waals surface area contributed by atoms with Gasteiger partial charge in [0, 0.05) is 86.8 Å². The zero-order chi connectivity index (χ0) is 72.1. The van der Waals surface area contributed by atoms with Gasteiger partial charge in [-0.15, -0.1) is 0 Å². The highest BCUT2D eigenvalue weighted by Gasteiger charge is 2.23. The molecule has 0 fully saturated rings. The lowest BCUT2D eigenvalue weighted by molar-refractivity contribution is 0.668. The highest BCUT2D eigenvalue weighted by molar-refractivity contribution is 6.19. The summed E-state index contributed by atoms with van der Waals surface area (Å²) < 4.78 is 22.2. The van der Waals surface area contributed by atoms with Gasteiger partial charge in [-0.05, 0) is 207 Å². The van der Waals surface area contributed by atoms with E-state index in [2.05, 4.69) is 388 Å². The van der Waals surface area contributed by atoms with E-state index in [1.165, 1.54) is 176 Å². The average molecular weight is 1400 g/mol. The number of rotatable bonds is 8. The molecule has 6 heteroatoms. The van der Waals surface area contributed by atoms with Crippen LogP contribution in [0.25, 0.3) is 220 Å². The van der Waals surface area contributed by atoms with Crippen molar-refractivity contribution in [3.63, 3.8) is 0 Å². The van der Waals surface area contributed by atoms with Crippen LogP contribution in [0.1, 0.15) is 0 Å². The van der Waals surface area contributed by atoms with Gasteiger partial charge in [0.05, 0.1) is 55.5 Å². The minimum atomic E-state index is 0.906. The quantitative estimate of drug-likeness (QED) is 0.152. The third-order valence-electron chi connectivity index (χ3n) is 23.0. The average Bonchev–Trinajstić information content (AvgIpc) is 1.58. The topological polar surface area (TPSA) is 46.0 Å². The number of fused-ring (bicyclic) bond motifs is 20. The van der Waals surface area contributed by atoms with Crippen molar-refractivity contribution < 1.29 is 8.83 Å². The molecule has 0 spiro atoms. The molecule has 110 heavy (non-hydrogen) atoms. The molecular weight excluding hydrogens is 1340 g/mol. The fraction of sp³-hybridized carbons (Fsp3) is 0. The Labute approximate surface area is 631 Å². The third kappa shape index (κ3) is 9.56. The maximum Gasteiger partial charge on any atom is 0.136 e. The molecule has 0 aliphatic carbocycles. The summed E-state index contributed by atoms with van der Waals surface area (Å²) in [5, 5.41) is 19.4. The van der Waals surface area contributed by atoms with Crippen LogP contribution in [0.15, 0.2) is 397 Å². The Bertz CT molecular complexity index is 7900. The molecule has 0 saturated heterocycles. The highest BCUT2D eigenvalue weighted by atomic mass is 16.3. The predicted molar refractivity (Wildman–Crippen MR) is 462 cm³/mol. The Morgan fingerprint density at radius 1 is 0.164 bits per heavy atom. The van der Waals surface area contributed by atoms with Crippen molar-refractivity contribution in [2.24, 2.45) is 0 Å². The Balaban J connectivity index is 0.000000132. The van der Waals surface area contributed by atoms with Gasteiger partial charge in [-0.3, -0.25) is 0 Å². The molecule has 0 radical (unpaired) electrons. The monoisotopic (exact) mass is 1400 g/mol. The summed E-state index contributed by atoms with van der Waals surface area (Å²) in [7, 11) is 0. The van der Waals surface area contributed by atoms with Crippen molar-refractivity contribution in [1.29, 1.82) is 0 Å². The fourth-order valence-corrected chi connectivity index (χ4v) is 18.0. The third-order valence-corrected chi connectivity index (χ3v) is 23.0. The van der Waals surface area contributed by atoms with Gasteiger partial charge < -0.3 is 27.1 Å². The number of hydrogen-bond acceptors (Lipinski definition) is 2. The normalized spacial score (nSPS) is 12.0. The number of furan rings is 2. The first-order valence-corrected chi connectivity index (χ1v) is 37.7. The first-order chi connectivity index (χ1) is 54.5. The Hall–Kier alpha value is -14.7. The van der Waals surface area contributed by atoms with Crippen LogP contribution in [0.4, 0.5) is 0 Å². The lowest BCUT2D eigenvalue weighted by Gasteiger charge is -2.12. The van der Waals surface area contributed by atoms with Crippen LogP contribution in [-0.2, 0) is 0 Å². The van der Waals surface area contributed by atoms with Crippen molar-refractivity contribution >= 4 is 153 Å². The minimum absolute atomic E-state index is 0.906. The number of nitrogens with zero attached hydrogens (tertiary/aromatic N) is 4. The molecule has 0 atom stereocenters. The second kappa shape index (κ2) is 24.4. The summed E-state index contributed by atoms with van der Waals surface area (Å²) in [6.45, 7) is 0. The van der Waals surface area contributed by atoms with Crippen LogP contribution in [0.5, 0.6) is 0 Å². The smallest absolute Gasteiger partial charge is 0.136 e. The lowest BCUT2D eigenvalue weighted by Crippen LogP contribution is -1.95. The molecule has 0 aliphatic heterocycles. The summed E-state index contributed by atoms with van der Waals surface area (Å²) in [4.78, 5) is 0. The van der Waals surface area contributed by atoms with Crippen LogP contribution >= 0.6 is 0 Å². The molecule has 0 aliphatic rings. The Morgan fingerprint density at radius 2 is 0.464 bits per heavy atom. The molecule has 0 bridgehead atoms. The van der Waals surface area contributed by atoms with Crippen molar-refractivity contribution in [3.05, 3.63) is 388 Å². The van der Waals surface area contributed by atoms with Crippen LogP contribution in [0.2, 0.25) is 0 Å². The van der Waals surface area contributed by atoms with Gasteiger partial charge in [0.2, 0.25) is 0 Å². The van der Waals surface area contributed by atoms with E-state index >= 15 is 0 Å². The van der Waals surface area contributed by atoms with E-state index in [1.54, 1.807) is 0 Å². The van der Waals surface area contributed by atoms with Gasteiger partial charge in [-0.25, -0.2) is 0 Å². The van der Waals surface area contributed by atoms with Gasteiger partial charge in [0.15, 0.2) is 0 Å². The highest BCUT2D eigenvalue weighted by Crippen LogP contribution is 2.46. The van der Waals surface area contributed by atoms with Crippen LogP contribution in [-0.4, -0.2) is 18.3 Å². The first-order valence-electron chi connectivity index (χ1n) is 37.7. The minimum Gasteiger partial charge on any atom is -0.456 e. The van der Waals surface area contributed by atoms with Crippen molar-refractivity contribution in [2.45, 2.75) is 0 Å². The summed E-state index contributed by atoms with van der Waals surface area (Å²) in [6, 6.07) is 141. The van der Waals surface area contributed by atoms with Crippen LogP contribution in [0, 0.1) is 0 Å². The molecule has 6 nitrogen and oxygen atoms in total. The maximum atomic E-state index is 6.32. The van der Waals surface area contributed by atoms with Crippen molar-refractivity contribution in [2.75, 3.05) is 0 Å². The Morgan fingerprint density at radius 3 is 0.945 bits per heavy atom. The molecule has 0 unspecified atom stereocenters. The molecule has 0 saturated carbocycles. The number of aromatic nitrogens is 4. The lowest BCUT2D eigenvalue weighted by atomic mass is 9.97. The molecule has 24 aromatic rings. The molecule has 24 rings (SSSR count). The number of hydrogen-bond donors (Lipinski definition) is 0. The molecule has 18 aromatic carbocycles. The number of benzene rings is 18. The molecule has 0 amide bonds. The largest absolute Gasteiger partial charge is 0.456 e. The van der Waals surface area contributed by atoms with Gasteiger partial charge in [-0.2, -0.15) is 0 Å². The Kier molecular flexibility index (Phi) is 13.7.